The Bertz CT molecular complexity index is 476. The average molecular weight is 278 g/mol. The highest BCUT2D eigenvalue weighted by Gasteiger charge is 2.25. The van der Waals surface area contributed by atoms with Gasteiger partial charge in [0.05, 0.1) is 19.8 Å². The summed E-state index contributed by atoms with van der Waals surface area (Å²) in [4.78, 5) is 12.4. The number of hydrogen-bond donors (Lipinski definition) is 2. The van der Waals surface area contributed by atoms with E-state index in [4.69, 9.17) is 9.47 Å². The predicted molar refractivity (Wildman–Crippen MR) is 77.5 cm³/mol. The van der Waals surface area contributed by atoms with Crippen LogP contribution in [-0.2, 0) is 0 Å². The van der Waals surface area contributed by atoms with Crippen LogP contribution in [0.5, 0.6) is 11.5 Å². The number of rotatable bonds is 4. The standard InChI is InChI=1S/C15H22N2O3/c1-10-7-8-16-9-12(10)17-15(18)11-5-4-6-13(19-2)14(11)20-3/h4-6,10,12,16H,7-9H2,1-3H3,(H,17,18)/t10-,12+/m0/s1. The van der Waals surface area contributed by atoms with Gasteiger partial charge in [-0.3, -0.25) is 4.79 Å². The van der Waals surface area contributed by atoms with E-state index in [1.54, 1.807) is 32.4 Å². The van der Waals surface area contributed by atoms with Crippen molar-refractivity contribution >= 4 is 5.91 Å². The lowest BCUT2D eigenvalue weighted by Crippen LogP contribution is -2.50. The Morgan fingerprint density at radius 1 is 1.35 bits per heavy atom. The molecule has 0 radical (unpaired) electrons. The van der Waals surface area contributed by atoms with Gasteiger partial charge in [0, 0.05) is 12.6 Å². The fourth-order valence-corrected chi connectivity index (χ4v) is 2.50. The van der Waals surface area contributed by atoms with Gasteiger partial charge in [0.2, 0.25) is 0 Å². The summed E-state index contributed by atoms with van der Waals surface area (Å²) in [6.07, 6.45) is 1.07. The minimum absolute atomic E-state index is 0.124. The first kappa shape index (κ1) is 14.7. The Balaban J connectivity index is 2.16. The number of carbonyl (C=O) groups is 1. The quantitative estimate of drug-likeness (QED) is 0.875. The first-order chi connectivity index (χ1) is 9.67. The summed E-state index contributed by atoms with van der Waals surface area (Å²) in [5.41, 5.74) is 0.504. The molecule has 1 heterocycles. The molecule has 1 aliphatic heterocycles. The van der Waals surface area contributed by atoms with Gasteiger partial charge < -0.3 is 20.1 Å². The summed E-state index contributed by atoms with van der Waals surface area (Å²) in [7, 11) is 3.10. The number of ether oxygens (including phenoxy) is 2. The molecular formula is C15H22N2O3. The van der Waals surface area contributed by atoms with Gasteiger partial charge in [0.25, 0.3) is 5.91 Å². The smallest absolute Gasteiger partial charge is 0.255 e. The third-order valence-corrected chi connectivity index (χ3v) is 3.79. The largest absolute Gasteiger partial charge is 0.493 e. The molecule has 110 valence electrons. The number of benzene rings is 1. The Morgan fingerprint density at radius 2 is 2.15 bits per heavy atom. The first-order valence-corrected chi connectivity index (χ1v) is 6.90. The van der Waals surface area contributed by atoms with Crippen molar-refractivity contribution in [1.29, 1.82) is 0 Å². The molecule has 1 aromatic rings. The minimum atomic E-state index is -0.124. The third-order valence-electron chi connectivity index (χ3n) is 3.79. The molecule has 2 rings (SSSR count). The van der Waals surface area contributed by atoms with Crippen LogP contribution in [0.4, 0.5) is 0 Å². The van der Waals surface area contributed by atoms with E-state index in [2.05, 4.69) is 17.6 Å². The number of carbonyl (C=O) groups excluding carboxylic acids is 1. The van der Waals surface area contributed by atoms with Crippen molar-refractivity contribution in [2.45, 2.75) is 19.4 Å². The Kier molecular flexibility index (Phi) is 4.84. The van der Waals surface area contributed by atoms with E-state index < -0.39 is 0 Å². The number of hydrogen-bond acceptors (Lipinski definition) is 4. The zero-order valence-corrected chi connectivity index (χ0v) is 12.2. The fraction of sp³-hybridized carbons (Fsp3) is 0.533. The number of amides is 1. The van der Waals surface area contributed by atoms with Gasteiger partial charge in [0.15, 0.2) is 11.5 Å². The molecule has 1 aliphatic rings. The summed E-state index contributed by atoms with van der Waals surface area (Å²) in [5.74, 6) is 1.39. The molecule has 0 aromatic heterocycles. The highest BCUT2D eigenvalue weighted by Crippen LogP contribution is 2.30. The van der Waals surface area contributed by atoms with E-state index in [0.29, 0.717) is 23.0 Å². The van der Waals surface area contributed by atoms with Gasteiger partial charge >= 0.3 is 0 Å². The highest BCUT2D eigenvalue weighted by molar-refractivity contribution is 5.98. The van der Waals surface area contributed by atoms with Gasteiger partial charge in [-0.2, -0.15) is 0 Å². The molecule has 2 N–H and O–H groups in total. The van der Waals surface area contributed by atoms with Crippen molar-refractivity contribution < 1.29 is 14.3 Å². The van der Waals surface area contributed by atoms with E-state index in [9.17, 15) is 4.79 Å². The van der Waals surface area contributed by atoms with Crippen LogP contribution in [-0.4, -0.2) is 39.3 Å². The molecule has 0 aliphatic carbocycles. The maximum Gasteiger partial charge on any atom is 0.255 e. The average Bonchev–Trinajstić information content (AvgIpc) is 2.48. The lowest BCUT2D eigenvalue weighted by atomic mass is 9.94. The van der Waals surface area contributed by atoms with Crippen LogP contribution in [0.3, 0.4) is 0 Å². The number of para-hydroxylation sites is 1. The first-order valence-electron chi connectivity index (χ1n) is 6.90. The zero-order valence-electron chi connectivity index (χ0n) is 12.2. The van der Waals surface area contributed by atoms with Crippen LogP contribution in [0.25, 0.3) is 0 Å². The fourth-order valence-electron chi connectivity index (χ4n) is 2.50. The maximum absolute atomic E-state index is 12.4. The molecule has 0 bridgehead atoms. The second-order valence-corrected chi connectivity index (χ2v) is 5.09. The van der Waals surface area contributed by atoms with E-state index in [1.807, 2.05) is 0 Å². The Hall–Kier alpha value is -1.75. The second kappa shape index (κ2) is 6.61. The van der Waals surface area contributed by atoms with Gasteiger partial charge in [-0.15, -0.1) is 0 Å². The van der Waals surface area contributed by atoms with Crippen molar-refractivity contribution in [3.63, 3.8) is 0 Å². The summed E-state index contributed by atoms with van der Waals surface area (Å²) in [6, 6.07) is 5.46. The topological polar surface area (TPSA) is 59.6 Å². The predicted octanol–water partition coefficient (Wildman–Crippen LogP) is 1.43. The number of methoxy groups -OCH3 is 2. The van der Waals surface area contributed by atoms with Crippen molar-refractivity contribution in [1.82, 2.24) is 10.6 Å². The molecule has 5 nitrogen and oxygen atoms in total. The molecule has 1 amide bonds. The molecule has 0 saturated carbocycles. The van der Waals surface area contributed by atoms with Crippen LogP contribution in [0.15, 0.2) is 18.2 Å². The van der Waals surface area contributed by atoms with Gasteiger partial charge in [0.1, 0.15) is 0 Å². The van der Waals surface area contributed by atoms with Gasteiger partial charge in [-0.05, 0) is 31.0 Å². The summed E-state index contributed by atoms with van der Waals surface area (Å²) >= 11 is 0. The molecule has 1 saturated heterocycles. The molecule has 1 fully saturated rings. The van der Waals surface area contributed by atoms with Crippen molar-refractivity contribution in [3.05, 3.63) is 23.8 Å². The van der Waals surface area contributed by atoms with Crippen LogP contribution in [0.1, 0.15) is 23.7 Å². The lowest BCUT2D eigenvalue weighted by molar-refractivity contribution is 0.0911. The van der Waals surface area contributed by atoms with Crippen molar-refractivity contribution in [2.24, 2.45) is 5.92 Å². The van der Waals surface area contributed by atoms with E-state index in [-0.39, 0.29) is 11.9 Å². The van der Waals surface area contributed by atoms with E-state index >= 15 is 0 Å². The molecule has 0 spiro atoms. The SMILES string of the molecule is COc1cccc(C(=O)N[C@@H]2CNCC[C@@H]2C)c1OC. The Labute approximate surface area is 119 Å². The van der Waals surface area contributed by atoms with Crippen LogP contribution in [0, 0.1) is 5.92 Å². The second-order valence-electron chi connectivity index (χ2n) is 5.09. The third kappa shape index (κ3) is 3.04. The summed E-state index contributed by atoms with van der Waals surface area (Å²) < 4.78 is 10.5. The molecule has 20 heavy (non-hydrogen) atoms. The summed E-state index contributed by atoms with van der Waals surface area (Å²) in [6.45, 7) is 3.98. The van der Waals surface area contributed by atoms with E-state index in [0.717, 1.165) is 19.5 Å². The van der Waals surface area contributed by atoms with Crippen molar-refractivity contribution in [3.8, 4) is 11.5 Å². The number of piperidine rings is 1. The summed E-state index contributed by atoms with van der Waals surface area (Å²) in [5, 5.41) is 6.38. The van der Waals surface area contributed by atoms with Gasteiger partial charge in [-0.1, -0.05) is 13.0 Å². The molecule has 0 unspecified atom stereocenters. The maximum atomic E-state index is 12.4. The normalized spacial score (nSPS) is 22.1. The molecule has 1 aromatic carbocycles. The molecule has 5 heteroatoms. The van der Waals surface area contributed by atoms with Crippen LogP contribution < -0.4 is 20.1 Å². The van der Waals surface area contributed by atoms with Gasteiger partial charge in [-0.25, -0.2) is 0 Å². The molecule has 2 atom stereocenters. The van der Waals surface area contributed by atoms with Crippen LogP contribution in [0.2, 0.25) is 0 Å². The van der Waals surface area contributed by atoms with Crippen LogP contribution >= 0.6 is 0 Å². The lowest BCUT2D eigenvalue weighted by Gasteiger charge is -2.30. The van der Waals surface area contributed by atoms with Crippen molar-refractivity contribution in [2.75, 3.05) is 27.3 Å². The monoisotopic (exact) mass is 278 g/mol. The molecular weight excluding hydrogens is 256 g/mol. The van der Waals surface area contributed by atoms with E-state index in [1.165, 1.54) is 0 Å². The zero-order chi connectivity index (χ0) is 14.5. The highest BCUT2D eigenvalue weighted by atomic mass is 16.5. The minimum Gasteiger partial charge on any atom is -0.493 e. The Morgan fingerprint density at radius 3 is 2.80 bits per heavy atom. The number of nitrogens with one attached hydrogen (secondary N) is 2.